The molecule has 1 aromatic rings. The summed E-state index contributed by atoms with van der Waals surface area (Å²) in [6.07, 6.45) is 0.733. The lowest BCUT2D eigenvalue weighted by molar-refractivity contribution is -0.124. The van der Waals surface area contributed by atoms with E-state index in [1.807, 2.05) is 33.8 Å². The number of nitrogens with one attached hydrogen (secondary N) is 1. The van der Waals surface area contributed by atoms with Crippen LogP contribution in [0, 0.1) is 12.8 Å². The fourth-order valence-electron chi connectivity index (χ4n) is 1.57. The number of carbonyl (C=O) groups excluding carboxylic acids is 2. The number of hydrogen-bond donors (Lipinski definition) is 1. The van der Waals surface area contributed by atoms with Gasteiger partial charge in [0.25, 0.3) is 5.91 Å². The highest BCUT2D eigenvalue weighted by molar-refractivity contribution is 5.81. The third-order valence-corrected chi connectivity index (χ3v) is 3.11. The molecule has 0 aliphatic carbocycles. The normalized spacial score (nSPS) is 12.1. The van der Waals surface area contributed by atoms with Gasteiger partial charge in [0.15, 0.2) is 12.9 Å². The molecule has 0 aliphatic rings. The zero-order valence-electron chi connectivity index (χ0n) is 11.9. The van der Waals surface area contributed by atoms with Gasteiger partial charge in [-0.1, -0.05) is 26.0 Å². The smallest absolute Gasteiger partial charge is 0.258 e. The number of amides is 1. The second-order valence-electron chi connectivity index (χ2n) is 5.00. The van der Waals surface area contributed by atoms with E-state index in [9.17, 15) is 9.59 Å². The van der Waals surface area contributed by atoms with Gasteiger partial charge in [-0.25, -0.2) is 0 Å². The van der Waals surface area contributed by atoms with Gasteiger partial charge in [0.05, 0.1) is 5.56 Å². The quantitative estimate of drug-likeness (QED) is 0.801. The third-order valence-electron chi connectivity index (χ3n) is 3.11. The highest BCUT2D eigenvalue weighted by Gasteiger charge is 2.13. The minimum atomic E-state index is -0.179. The molecule has 1 aromatic carbocycles. The summed E-state index contributed by atoms with van der Waals surface area (Å²) in [4.78, 5) is 22.6. The van der Waals surface area contributed by atoms with Crippen LogP contribution in [0.3, 0.4) is 0 Å². The SMILES string of the molecule is Cc1cccc(C=O)c1OCC(=O)NC(C)C(C)C. The van der Waals surface area contributed by atoms with Crippen LogP contribution in [-0.2, 0) is 4.79 Å². The number of aryl methyl sites for hydroxylation is 1. The van der Waals surface area contributed by atoms with Gasteiger partial charge in [-0.3, -0.25) is 9.59 Å². The summed E-state index contributed by atoms with van der Waals surface area (Å²) in [5, 5.41) is 2.85. The average Bonchev–Trinajstić information content (AvgIpc) is 2.36. The van der Waals surface area contributed by atoms with Crippen molar-refractivity contribution in [2.75, 3.05) is 6.61 Å². The molecule has 0 spiro atoms. The summed E-state index contributed by atoms with van der Waals surface area (Å²) in [7, 11) is 0. The van der Waals surface area contributed by atoms with Crippen molar-refractivity contribution in [2.24, 2.45) is 5.92 Å². The monoisotopic (exact) mass is 263 g/mol. The van der Waals surface area contributed by atoms with E-state index in [4.69, 9.17) is 4.74 Å². The number of hydrogen-bond acceptors (Lipinski definition) is 3. The topological polar surface area (TPSA) is 55.4 Å². The Hall–Kier alpha value is -1.84. The standard InChI is InChI=1S/C15H21NO3/c1-10(2)12(4)16-14(18)9-19-15-11(3)6-5-7-13(15)8-17/h5-8,10,12H,9H2,1-4H3,(H,16,18). The van der Waals surface area contributed by atoms with Crippen LogP contribution in [-0.4, -0.2) is 24.8 Å². The number of carbonyl (C=O) groups is 2. The first-order valence-corrected chi connectivity index (χ1v) is 6.42. The molecular weight excluding hydrogens is 242 g/mol. The van der Waals surface area contributed by atoms with Crippen LogP contribution >= 0.6 is 0 Å². The maximum absolute atomic E-state index is 11.7. The second kappa shape index (κ2) is 6.92. The molecule has 19 heavy (non-hydrogen) atoms. The summed E-state index contributed by atoms with van der Waals surface area (Å²) >= 11 is 0. The molecule has 0 saturated carbocycles. The number of aldehydes is 1. The van der Waals surface area contributed by atoms with Crippen LogP contribution in [0.15, 0.2) is 18.2 Å². The highest BCUT2D eigenvalue weighted by Crippen LogP contribution is 2.21. The third kappa shape index (κ3) is 4.39. The lowest BCUT2D eigenvalue weighted by Gasteiger charge is -2.18. The largest absolute Gasteiger partial charge is 0.483 e. The van der Waals surface area contributed by atoms with Crippen molar-refractivity contribution in [1.82, 2.24) is 5.32 Å². The molecule has 0 aromatic heterocycles. The van der Waals surface area contributed by atoms with Gasteiger partial charge in [-0.15, -0.1) is 0 Å². The molecule has 1 amide bonds. The van der Waals surface area contributed by atoms with E-state index in [0.29, 0.717) is 17.2 Å². The summed E-state index contributed by atoms with van der Waals surface area (Å²) in [5.74, 6) is 0.666. The van der Waals surface area contributed by atoms with E-state index in [2.05, 4.69) is 5.32 Å². The van der Waals surface area contributed by atoms with Gasteiger partial charge >= 0.3 is 0 Å². The maximum Gasteiger partial charge on any atom is 0.258 e. The Labute approximate surface area is 114 Å². The number of para-hydroxylation sites is 1. The van der Waals surface area contributed by atoms with E-state index >= 15 is 0 Å². The van der Waals surface area contributed by atoms with Gasteiger partial charge in [0.1, 0.15) is 5.75 Å². The van der Waals surface area contributed by atoms with Gasteiger partial charge < -0.3 is 10.1 Å². The van der Waals surface area contributed by atoms with E-state index in [1.165, 1.54) is 0 Å². The fraction of sp³-hybridized carbons (Fsp3) is 0.467. The summed E-state index contributed by atoms with van der Waals surface area (Å²) in [6, 6.07) is 5.40. The number of ether oxygens (including phenoxy) is 1. The van der Waals surface area contributed by atoms with Crippen molar-refractivity contribution in [3.05, 3.63) is 29.3 Å². The highest BCUT2D eigenvalue weighted by atomic mass is 16.5. The van der Waals surface area contributed by atoms with Crippen molar-refractivity contribution >= 4 is 12.2 Å². The van der Waals surface area contributed by atoms with Crippen molar-refractivity contribution < 1.29 is 14.3 Å². The molecule has 0 radical (unpaired) electrons. The van der Waals surface area contributed by atoms with E-state index < -0.39 is 0 Å². The predicted molar refractivity (Wildman–Crippen MR) is 74.5 cm³/mol. The maximum atomic E-state index is 11.7. The van der Waals surface area contributed by atoms with Crippen LogP contribution in [0.25, 0.3) is 0 Å². The minimum Gasteiger partial charge on any atom is -0.483 e. The molecule has 104 valence electrons. The van der Waals surface area contributed by atoms with Crippen LogP contribution in [0.4, 0.5) is 0 Å². The van der Waals surface area contributed by atoms with Crippen LogP contribution in [0.5, 0.6) is 5.75 Å². The first kappa shape index (κ1) is 15.2. The van der Waals surface area contributed by atoms with Gasteiger partial charge in [-0.05, 0) is 31.4 Å². The zero-order chi connectivity index (χ0) is 14.4. The minimum absolute atomic E-state index is 0.0806. The Kier molecular flexibility index (Phi) is 5.55. The summed E-state index contributed by atoms with van der Waals surface area (Å²) in [5.41, 5.74) is 1.30. The fourth-order valence-corrected chi connectivity index (χ4v) is 1.57. The molecule has 1 N–H and O–H groups in total. The number of rotatable bonds is 6. The molecule has 4 heteroatoms. The summed E-state index contributed by atoms with van der Waals surface area (Å²) in [6.45, 7) is 7.79. The Morgan fingerprint density at radius 3 is 2.63 bits per heavy atom. The molecule has 0 aliphatic heterocycles. The van der Waals surface area contributed by atoms with Gasteiger partial charge in [0.2, 0.25) is 0 Å². The first-order valence-electron chi connectivity index (χ1n) is 6.42. The van der Waals surface area contributed by atoms with E-state index in [-0.39, 0.29) is 18.6 Å². The van der Waals surface area contributed by atoms with Crippen LogP contribution < -0.4 is 10.1 Å². The van der Waals surface area contributed by atoms with Crippen LogP contribution in [0.1, 0.15) is 36.7 Å². The molecule has 1 rings (SSSR count). The second-order valence-corrected chi connectivity index (χ2v) is 5.00. The zero-order valence-corrected chi connectivity index (χ0v) is 11.9. The van der Waals surface area contributed by atoms with Crippen molar-refractivity contribution in [1.29, 1.82) is 0 Å². The molecule has 1 atom stereocenters. The molecule has 4 nitrogen and oxygen atoms in total. The van der Waals surface area contributed by atoms with Crippen molar-refractivity contribution in [3.8, 4) is 5.75 Å². The Morgan fingerprint density at radius 2 is 2.05 bits per heavy atom. The van der Waals surface area contributed by atoms with Crippen molar-refractivity contribution in [3.63, 3.8) is 0 Å². The van der Waals surface area contributed by atoms with Crippen LogP contribution in [0.2, 0.25) is 0 Å². The van der Waals surface area contributed by atoms with Gasteiger partial charge in [0, 0.05) is 6.04 Å². The lowest BCUT2D eigenvalue weighted by Crippen LogP contribution is -2.39. The molecule has 1 unspecified atom stereocenters. The Bertz CT molecular complexity index is 455. The molecular formula is C15H21NO3. The van der Waals surface area contributed by atoms with E-state index in [0.717, 1.165) is 11.8 Å². The predicted octanol–water partition coefficient (Wildman–Crippen LogP) is 2.35. The summed E-state index contributed by atoms with van der Waals surface area (Å²) < 4.78 is 5.46. The average molecular weight is 263 g/mol. The molecule has 0 heterocycles. The Morgan fingerprint density at radius 1 is 1.37 bits per heavy atom. The lowest BCUT2D eigenvalue weighted by atomic mass is 10.1. The molecule has 0 fully saturated rings. The van der Waals surface area contributed by atoms with Gasteiger partial charge in [-0.2, -0.15) is 0 Å². The molecule has 0 saturated heterocycles. The first-order chi connectivity index (χ1) is 8.95. The van der Waals surface area contributed by atoms with Crippen molar-refractivity contribution in [2.45, 2.75) is 33.7 Å². The number of benzene rings is 1. The van der Waals surface area contributed by atoms with E-state index in [1.54, 1.807) is 12.1 Å². The molecule has 0 bridgehead atoms. The Balaban J connectivity index is 2.62.